The van der Waals surface area contributed by atoms with Gasteiger partial charge in [0.15, 0.2) is 5.82 Å². The van der Waals surface area contributed by atoms with Gasteiger partial charge in [-0.05, 0) is 49.7 Å². The van der Waals surface area contributed by atoms with Crippen LogP contribution in [0.15, 0.2) is 41.3 Å². The van der Waals surface area contributed by atoms with Crippen LogP contribution in [0.2, 0.25) is 0 Å². The van der Waals surface area contributed by atoms with Crippen LogP contribution in [0.3, 0.4) is 0 Å². The summed E-state index contributed by atoms with van der Waals surface area (Å²) in [4.78, 5) is 18.1. The summed E-state index contributed by atoms with van der Waals surface area (Å²) >= 11 is 0. The van der Waals surface area contributed by atoms with E-state index in [0.29, 0.717) is 11.5 Å². The summed E-state index contributed by atoms with van der Waals surface area (Å²) in [6, 6.07) is 9.81. The summed E-state index contributed by atoms with van der Waals surface area (Å²) in [6.07, 6.45) is 4.01. The molecule has 1 unspecified atom stereocenters. The number of hydrogen-bond donors (Lipinski definition) is 4. The van der Waals surface area contributed by atoms with E-state index in [1.165, 1.54) is 22.6 Å². The van der Waals surface area contributed by atoms with Crippen LogP contribution in [0.5, 0.6) is 0 Å². The molecule has 1 radical (unpaired) electrons. The molecule has 3 aliphatic rings. The third kappa shape index (κ3) is 5.79. The monoisotopic (exact) mass is 501 g/mol. The summed E-state index contributed by atoms with van der Waals surface area (Å²) in [5.41, 5.74) is 9.90. The van der Waals surface area contributed by atoms with E-state index in [-0.39, 0.29) is 38.5 Å². The van der Waals surface area contributed by atoms with E-state index in [2.05, 4.69) is 20.5 Å². The Morgan fingerprint density at radius 2 is 1.94 bits per heavy atom. The maximum Gasteiger partial charge on any atom is 0.354 e. The largest absolute Gasteiger partial charge is 0.660 e. The van der Waals surface area contributed by atoms with E-state index in [1.807, 2.05) is 29.7 Å². The van der Waals surface area contributed by atoms with Gasteiger partial charge in [-0.15, -0.1) is 13.1 Å². The first kappa shape index (κ1) is 24.4. The third-order valence-electron chi connectivity index (χ3n) is 6.25. The van der Waals surface area contributed by atoms with Gasteiger partial charge in [-0.1, -0.05) is 12.1 Å². The van der Waals surface area contributed by atoms with E-state index in [1.54, 1.807) is 6.20 Å². The van der Waals surface area contributed by atoms with Crippen LogP contribution < -0.4 is 22.2 Å². The second-order valence-corrected chi connectivity index (χ2v) is 8.32. The van der Waals surface area contributed by atoms with Gasteiger partial charge in [0, 0.05) is 70.0 Å². The number of nitrogens with one attached hydrogen (secondary N) is 2. The molecule has 1 aromatic carbocycles. The standard InChI is InChI=1S/C17H21N5O2.C4H9N2.Y/c18-14-5-7-17(14)10-21(11-17)9-12-1-3-13(4-2-12)22-8-6-15(20-24)19-16(22)23;1-2-6-4-3-5-1;/h1-4,6,8,14,24H,5,7,9-11,18H2,(H,19,20,23);5H,1-4H2;/q;-1;. The van der Waals surface area contributed by atoms with Crippen LogP contribution in [0.1, 0.15) is 18.4 Å². The molecule has 1 atom stereocenters. The Bertz CT molecular complexity index is 884. The number of nitrogens with zero attached hydrogens (tertiary/aromatic N) is 4. The Balaban J connectivity index is 0.000000338. The third-order valence-corrected chi connectivity index (χ3v) is 6.25. The summed E-state index contributed by atoms with van der Waals surface area (Å²) in [7, 11) is 0. The van der Waals surface area contributed by atoms with Crippen molar-refractivity contribution in [2.24, 2.45) is 11.1 Å². The van der Waals surface area contributed by atoms with Crippen molar-refractivity contribution >= 4 is 5.82 Å². The van der Waals surface area contributed by atoms with E-state index in [0.717, 1.165) is 57.9 Å². The molecule has 9 nitrogen and oxygen atoms in total. The molecule has 1 saturated carbocycles. The molecule has 10 heteroatoms. The van der Waals surface area contributed by atoms with Gasteiger partial charge in [-0.3, -0.25) is 20.2 Å². The van der Waals surface area contributed by atoms with E-state index < -0.39 is 5.69 Å². The van der Waals surface area contributed by atoms with Gasteiger partial charge in [0.2, 0.25) is 0 Å². The summed E-state index contributed by atoms with van der Waals surface area (Å²) in [5, 5.41) is 16.1. The minimum absolute atomic E-state index is 0. The average Bonchev–Trinajstić information content (AvgIpc) is 2.77. The number of likely N-dealkylation sites (tertiary alicyclic amines) is 1. The van der Waals surface area contributed by atoms with Crippen LogP contribution in [0.4, 0.5) is 5.82 Å². The van der Waals surface area contributed by atoms with Crippen LogP contribution in [0.25, 0.3) is 11.0 Å². The smallest absolute Gasteiger partial charge is 0.354 e. The number of hydrogen-bond acceptors (Lipinski definition) is 7. The molecule has 2 aromatic rings. The molecule has 0 bridgehead atoms. The fourth-order valence-electron chi connectivity index (χ4n) is 4.30. The molecule has 2 saturated heterocycles. The number of benzene rings is 1. The maximum absolute atomic E-state index is 11.9. The van der Waals surface area contributed by atoms with Crippen molar-refractivity contribution in [1.29, 1.82) is 0 Å². The van der Waals surface area contributed by atoms with Crippen molar-refractivity contribution in [2.75, 3.05) is 44.7 Å². The second kappa shape index (κ2) is 11.1. The van der Waals surface area contributed by atoms with E-state index >= 15 is 0 Å². The zero-order valence-corrected chi connectivity index (χ0v) is 20.5. The molecule has 1 aliphatic carbocycles. The van der Waals surface area contributed by atoms with Crippen molar-refractivity contribution in [3.63, 3.8) is 0 Å². The van der Waals surface area contributed by atoms with Gasteiger partial charge in [0.25, 0.3) is 0 Å². The summed E-state index contributed by atoms with van der Waals surface area (Å²) in [6.45, 7) is 7.29. The van der Waals surface area contributed by atoms with Crippen LogP contribution in [0, 0.1) is 5.41 Å². The second-order valence-electron chi connectivity index (χ2n) is 8.32. The van der Waals surface area contributed by atoms with Crippen molar-refractivity contribution in [2.45, 2.75) is 25.4 Å². The molecule has 1 aromatic heterocycles. The zero-order valence-electron chi connectivity index (χ0n) is 17.7. The predicted octanol–water partition coefficient (Wildman–Crippen LogP) is 0.918. The first-order valence-electron chi connectivity index (χ1n) is 10.5. The van der Waals surface area contributed by atoms with E-state index in [9.17, 15) is 4.79 Å². The Morgan fingerprint density at radius 1 is 1.23 bits per heavy atom. The Kier molecular flexibility index (Phi) is 8.75. The van der Waals surface area contributed by atoms with Gasteiger partial charge in [0.05, 0.1) is 5.69 Å². The predicted molar refractivity (Wildman–Crippen MR) is 116 cm³/mol. The van der Waals surface area contributed by atoms with Gasteiger partial charge < -0.3 is 16.4 Å². The molecule has 5 rings (SSSR count). The van der Waals surface area contributed by atoms with Crippen molar-refractivity contribution < 1.29 is 37.9 Å². The van der Waals surface area contributed by atoms with Crippen molar-refractivity contribution in [1.82, 2.24) is 19.8 Å². The number of rotatable bonds is 4. The van der Waals surface area contributed by atoms with E-state index in [4.69, 9.17) is 10.9 Å². The first-order valence-corrected chi connectivity index (χ1v) is 10.5. The van der Waals surface area contributed by atoms with Crippen LogP contribution in [-0.2, 0) is 39.3 Å². The zero-order chi connectivity index (χ0) is 21.0. The number of anilines is 1. The van der Waals surface area contributed by atoms with Gasteiger partial charge in [-0.25, -0.2) is 4.79 Å². The summed E-state index contributed by atoms with van der Waals surface area (Å²) in [5.74, 6) is 0.133. The van der Waals surface area contributed by atoms with Crippen LogP contribution in [-0.4, -0.2) is 65.0 Å². The minimum Gasteiger partial charge on any atom is -0.660 e. The van der Waals surface area contributed by atoms with Crippen molar-refractivity contribution in [3.8, 4) is 5.69 Å². The molecule has 5 N–H and O–H groups in total. The fourth-order valence-corrected chi connectivity index (χ4v) is 4.30. The average molecular weight is 501 g/mol. The molecule has 31 heavy (non-hydrogen) atoms. The Hall–Kier alpha value is -1.20. The molecule has 1 spiro atoms. The Morgan fingerprint density at radius 3 is 2.39 bits per heavy atom. The SMILES string of the molecule is C1CNCC[N-]1.NC1CCC12CN(Cc1ccc(-n3ccc(NO)nc3=O)cc1)C2.[Y]. The molecule has 0 amide bonds. The quantitative estimate of drug-likeness (QED) is 0.460. The summed E-state index contributed by atoms with van der Waals surface area (Å²) < 4.78 is 1.44. The van der Waals surface area contributed by atoms with Crippen molar-refractivity contribution in [3.05, 3.63) is 57.9 Å². The molecule has 3 heterocycles. The number of aromatic nitrogens is 2. The molecule has 3 fully saturated rings. The van der Waals surface area contributed by atoms with Gasteiger partial charge in [-0.2, -0.15) is 4.98 Å². The van der Waals surface area contributed by atoms with Gasteiger partial charge in [0.1, 0.15) is 0 Å². The number of nitrogens with two attached hydrogens (primary N) is 1. The van der Waals surface area contributed by atoms with Crippen LogP contribution >= 0.6 is 0 Å². The Labute approximate surface area is 207 Å². The topological polar surface area (TPSA) is 123 Å². The fraction of sp³-hybridized carbons (Fsp3) is 0.524. The number of piperazine rings is 1. The molecular weight excluding hydrogens is 471 g/mol. The molecular formula is C21H30N7O2Y-. The van der Waals surface area contributed by atoms with Gasteiger partial charge >= 0.3 is 5.69 Å². The minimum atomic E-state index is -0.439. The first-order chi connectivity index (χ1) is 14.6. The normalized spacial score (nSPS) is 21.7. The molecule has 2 aliphatic heterocycles. The molecule has 165 valence electrons. The maximum atomic E-state index is 11.9.